The van der Waals surface area contributed by atoms with Gasteiger partial charge in [0.1, 0.15) is 12.7 Å². The third kappa shape index (κ3) is 3.93. The molecule has 0 saturated carbocycles. The molecule has 7 heteroatoms. The van der Waals surface area contributed by atoms with Gasteiger partial charge in [0.15, 0.2) is 0 Å². The molecule has 7 nitrogen and oxygen atoms in total. The highest BCUT2D eigenvalue weighted by Crippen LogP contribution is 2.16. The monoisotopic (exact) mass is 375 g/mol. The molecule has 1 aliphatic heterocycles. The minimum Gasteiger partial charge on any atom is -0.349 e. The van der Waals surface area contributed by atoms with E-state index in [-0.39, 0.29) is 17.9 Å². The summed E-state index contributed by atoms with van der Waals surface area (Å²) in [6.45, 7) is 1.26. The number of benzene rings is 2. The molecule has 4 rings (SSSR count). The van der Waals surface area contributed by atoms with Crippen LogP contribution in [0.4, 0.5) is 0 Å². The fraction of sp³-hybridized carbons (Fsp3) is 0.238. The maximum absolute atomic E-state index is 12.8. The first-order valence-electron chi connectivity index (χ1n) is 9.31. The first kappa shape index (κ1) is 17.9. The van der Waals surface area contributed by atoms with Crippen LogP contribution >= 0.6 is 0 Å². The number of likely N-dealkylation sites (tertiary alicyclic amines) is 1. The predicted molar refractivity (Wildman–Crippen MR) is 104 cm³/mol. The Morgan fingerprint density at radius 3 is 2.29 bits per heavy atom. The zero-order valence-corrected chi connectivity index (χ0v) is 15.4. The molecule has 0 atom stereocenters. The molecule has 0 radical (unpaired) electrons. The van der Waals surface area contributed by atoms with Gasteiger partial charge in [0.05, 0.1) is 5.69 Å². The molecule has 1 aromatic heterocycles. The van der Waals surface area contributed by atoms with Gasteiger partial charge in [-0.25, -0.2) is 9.67 Å². The minimum atomic E-state index is -0.0610. The van der Waals surface area contributed by atoms with E-state index in [2.05, 4.69) is 15.4 Å². The highest BCUT2D eigenvalue weighted by molar-refractivity contribution is 5.95. The predicted octanol–water partition coefficient (Wildman–Crippen LogP) is 2.30. The average molecular weight is 375 g/mol. The summed E-state index contributed by atoms with van der Waals surface area (Å²) in [5, 5.41) is 7.15. The van der Waals surface area contributed by atoms with Gasteiger partial charge in [0.2, 0.25) is 0 Å². The smallest absolute Gasteiger partial charge is 0.253 e. The van der Waals surface area contributed by atoms with Crippen LogP contribution in [0.2, 0.25) is 0 Å². The summed E-state index contributed by atoms with van der Waals surface area (Å²) >= 11 is 0. The van der Waals surface area contributed by atoms with Crippen molar-refractivity contribution in [1.82, 2.24) is 25.0 Å². The standard InChI is InChI=1S/C21H21N5O2/c27-20(16-4-2-1-3-5-16)24-18-10-12-25(13-11-18)21(28)17-6-8-19(9-7-17)26-15-22-14-23-26/h1-9,14-15,18H,10-13H2,(H,24,27). The Morgan fingerprint density at radius 1 is 0.929 bits per heavy atom. The summed E-state index contributed by atoms with van der Waals surface area (Å²) in [4.78, 5) is 30.8. The Kier molecular flexibility index (Phi) is 5.14. The van der Waals surface area contributed by atoms with Crippen molar-refractivity contribution in [2.45, 2.75) is 18.9 Å². The van der Waals surface area contributed by atoms with Crippen molar-refractivity contribution in [3.8, 4) is 5.69 Å². The van der Waals surface area contributed by atoms with Crippen LogP contribution in [-0.4, -0.2) is 50.6 Å². The van der Waals surface area contributed by atoms with Crippen molar-refractivity contribution >= 4 is 11.8 Å². The lowest BCUT2D eigenvalue weighted by Gasteiger charge is -2.32. The normalized spacial score (nSPS) is 14.6. The zero-order chi connectivity index (χ0) is 19.3. The Bertz CT molecular complexity index is 931. The number of piperidine rings is 1. The van der Waals surface area contributed by atoms with Gasteiger partial charge >= 0.3 is 0 Å². The minimum absolute atomic E-state index is 0.0120. The van der Waals surface area contributed by atoms with E-state index in [0.29, 0.717) is 24.2 Å². The van der Waals surface area contributed by atoms with E-state index >= 15 is 0 Å². The Hall–Kier alpha value is -3.48. The maximum atomic E-state index is 12.8. The lowest BCUT2D eigenvalue weighted by molar-refractivity contribution is 0.0698. The quantitative estimate of drug-likeness (QED) is 0.759. The molecule has 1 fully saturated rings. The van der Waals surface area contributed by atoms with Crippen LogP contribution in [0.25, 0.3) is 5.69 Å². The van der Waals surface area contributed by atoms with E-state index < -0.39 is 0 Å². The van der Waals surface area contributed by atoms with Gasteiger partial charge < -0.3 is 10.2 Å². The Morgan fingerprint density at radius 2 is 1.64 bits per heavy atom. The summed E-state index contributed by atoms with van der Waals surface area (Å²) in [5.41, 5.74) is 2.17. The fourth-order valence-corrected chi connectivity index (χ4v) is 3.37. The lowest BCUT2D eigenvalue weighted by atomic mass is 10.0. The van der Waals surface area contributed by atoms with Gasteiger partial charge in [-0.2, -0.15) is 5.10 Å². The van der Waals surface area contributed by atoms with Gasteiger partial charge in [-0.1, -0.05) is 18.2 Å². The van der Waals surface area contributed by atoms with Crippen molar-refractivity contribution in [3.63, 3.8) is 0 Å². The summed E-state index contributed by atoms with van der Waals surface area (Å²) in [7, 11) is 0. The summed E-state index contributed by atoms with van der Waals surface area (Å²) in [6.07, 6.45) is 4.59. The lowest BCUT2D eigenvalue weighted by Crippen LogP contribution is -2.46. The molecule has 142 valence electrons. The fourth-order valence-electron chi connectivity index (χ4n) is 3.37. The molecule has 0 unspecified atom stereocenters. The SMILES string of the molecule is O=C(NC1CCN(C(=O)c2ccc(-n3cncn3)cc2)CC1)c1ccccc1. The van der Waals surface area contributed by atoms with Gasteiger partial charge in [0, 0.05) is 30.3 Å². The first-order valence-corrected chi connectivity index (χ1v) is 9.31. The molecule has 28 heavy (non-hydrogen) atoms. The van der Waals surface area contributed by atoms with Crippen molar-refractivity contribution in [2.24, 2.45) is 0 Å². The second kappa shape index (κ2) is 8.04. The molecule has 2 amide bonds. The molecule has 3 aromatic rings. The van der Waals surface area contributed by atoms with Gasteiger partial charge in [-0.05, 0) is 49.2 Å². The maximum Gasteiger partial charge on any atom is 0.253 e. The molecule has 1 saturated heterocycles. The number of hydrogen-bond donors (Lipinski definition) is 1. The third-order valence-electron chi connectivity index (χ3n) is 4.95. The molecule has 0 spiro atoms. The number of nitrogens with zero attached hydrogens (tertiary/aromatic N) is 4. The number of nitrogens with one attached hydrogen (secondary N) is 1. The Labute approximate surface area is 163 Å². The average Bonchev–Trinajstić information content (AvgIpc) is 3.29. The van der Waals surface area contributed by atoms with Crippen LogP contribution in [-0.2, 0) is 0 Å². The van der Waals surface area contributed by atoms with Gasteiger partial charge in [-0.3, -0.25) is 9.59 Å². The van der Waals surface area contributed by atoms with Crippen LogP contribution in [0.1, 0.15) is 33.6 Å². The van der Waals surface area contributed by atoms with Gasteiger partial charge in [-0.15, -0.1) is 0 Å². The number of carbonyl (C=O) groups excluding carboxylic acids is 2. The topological polar surface area (TPSA) is 80.1 Å². The zero-order valence-electron chi connectivity index (χ0n) is 15.4. The van der Waals surface area contributed by atoms with E-state index in [1.54, 1.807) is 23.1 Å². The second-order valence-electron chi connectivity index (χ2n) is 6.79. The van der Waals surface area contributed by atoms with Crippen molar-refractivity contribution < 1.29 is 9.59 Å². The van der Waals surface area contributed by atoms with Gasteiger partial charge in [0.25, 0.3) is 11.8 Å². The van der Waals surface area contributed by atoms with Crippen LogP contribution in [0.15, 0.2) is 67.3 Å². The van der Waals surface area contributed by atoms with E-state index in [1.807, 2.05) is 47.4 Å². The molecule has 2 aromatic carbocycles. The summed E-state index contributed by atoms with van der Waals surface area (Å²) in [5.74, 6) is -0.0490. The van der Waals surface area contributed by atoms with Crippen molar-refractivity contribution in [1.29, 1.82) is 0 Å². The molecule has 0 bridgehead atoms. The number of carbonyl (C=O) groups is 2. The summed E-state index contributed by atoms with van der Waals surface area (Å²) in [6, 6.07) is 16.6. The molecule has 1 N–H and O–H groups in total. The van der Waals surface area contributed by atoms with E-state index in [9.17, 15) is 9.59 Å². The number of aromatic nitrogens is 3. The molecule has 0 aliphatic carbocycles. The Balaban J connectivity index is 1.32. The third-order valence-corrected chi connectivity index (χ3v) is 4.95. The van der Waals surface area contributed by atoms with Crippen molar-refractivity contribution in [3.05, 3.63) is 78.4 Å². The van der Waals surface area contributed by atoms with E-state index in [1.165, 1.54) is 6.33 Å². The number of amides is 2. The molecular weight excluding hydrogens is 354 g/mol. The summed E-state index contributed by atoms with van der Waals surface area (Å²) < 4.78 is 1.65. The van der Waals surface area contributed by atoms with Crippen LogP contribution < -0.4 is 5.32 Å². The van der Waals surface area contributed by atoms with E-state index in [0.717, 1.165) is 18.5 Å². The highest BCUT2D eigenvalue weighted by atomic mass is 16.2. The molecule has 2 heterocycles. The second-order valence-corrected chi connectivity index (χ2v) is 6.79. The molecule has 1 aliphatic rings. The number of hydrogen-bond acceptors (Lipinski definition) is 4. The van der Waals surface area contributed by atoms with Crippen molar-refractivity contribution in [2.75, 3.05) is 13.1 Å². The van der Waals surface area contributed by atoms with Crippen LogP contribution in [0.5, 0.6) is 0 Å². The van der Waals surface area contributed by atoms with Crippen LogP contribution in [0, 0.1) is 0 Å². The van der Waals surface area contributed by atoms with Crippen LogP contribution in [0.3, 0.4) is 0 Å². The first-order chi connectivity index (χ1) is 13.7. The van der Waals surface area contributed by atoms with E-state index in [4.69, 9.17) is 0 Å². The number of rotatable bonds is 4. The largest absolute Gasteiger partial charge is 0.349 e. The molecular formula is C21H21N5O2. The highest BCUT2D eigenvalue weighted by Gasteiger charge is 2.24.